The molecule has 0 aromatic rings. The standard InChI is InChI=1S/C10H21O3P/c1-7(2)9-5-4-8(3)6-10(9)13-14(11)12/h7-10,14H,4-6H2,1-3H3,(H,11,12). The Hall–Kier alpha value is 0.150. The van der Waals surface area contributed by atoms with Crippen LogP contribution < -0.4 is 0 Å². The summed E-state index contributed by atoms with van der Waals surface area (Å²) in [7, 11) is -2.77. The van der Waals surface area contributed by atoms with Gasteiger partial charge in [0.1, 0.15) is 0 Å². The van der Waals surface area contributed by atoms with Crippen molar-refractivity contribution in [3.63, 3.8) is 0 Å². The van der Waals surface area contributed by atoms with Gasteiger partial charge in [0.05, 0.1) is 6.10 Å². The van der Waals surface area contributed by atoms with E-state index >= 15 is 0 Å². The Morgan fingerprint density at radius 3 is 2.57 bits per heavy atom. The lowest BCUT2D eigenvalue weighted by Gasteiger charge is -2.36. The van der Waals surface area contributed by atoms with Gasteiger partial charge in [0.15, 0.2) is 0 Å². The highest BCUT2D eigenvalue weighted by Gasteiger charge is 2.32. The molecule has 0 aromatic carbocycles. The topological polar surface area (TPSA) is 46.5 Å². The molecule has 84 valence electrons. The van der Waals surface area contributed by atoms with Crippen LogP contribution in [0.3, 0.4) is 0 Å². The maximum absolute atomic E-state index is 10.7. The van der Waals surface area contributed by atoms with Gasteiger partial charge in [-0.1, -0.05) is 27.2 Å². The zero-order valence-corrected chi connectivity index (χ0v) is 10.2. The molecule has 1 rings (SSSR count). The lowest BCUT2D eigenvalue weighted by atomic mass is 9.75. The van der Waals surface area contributed by atoms with Crippen LogP contribution in [-0.4, -0.2) is 11.0 Å². The molecular weight excluding hydrogens is 199 g/mol. The predicted molar refractivity (Wildman–Crippen MR) is 57.4 cm³/mol. The molecule has 4 heteroatoms. The third-order valence-electron chi connectivity index (χ3n) is 3.21. The number of hydrogen-bond acceptors (Lipinski definition) is 2. The molecule has 0 aromatic heterocycles. The summed E-state index contributed by atoms with van der Waals surface area (Å²) in [5.74, 6) is 1.61. The van der Waals surface area contributed by atoms with Crippen molar-refractivity contribution in [1.82, 2.24) is 0 Å². The number of rotatable bonds is 3. The van der Waals surface area contributed by atoms with Crippen molar-refractivity contribution in [2.45, 2.75) is 46.1 Å². The second-order valence-corrected chi connectivity index (χ2v) is 5.52. The van der Waals surface area contributed by atoms with Crippen LogP contribution in [0.1, 0.15) is 40.0 Å². The van der Waals surface area contributed by atoms with E-state index < -0.39 is 8.25 Å². The first-order valence-corrected chi connectivity index (χ1v) is 6.66. The van der Waals surface area contributed by atoms with E-state index in [4.69, 9.17) is 9.42 Å². The predicted octanol–water partition coefficient (Wildman–Crippen LogP) is 2.85. The van der Waals surface area contributed by atoms with Crippen LogP contribution in [0.5, 0.6) is 0 Å². The Balaban J connectivity index is 2.58. The second-order valence-electron chi connectivity index (χ2n) is 4.75. The fraction of sp³-hybridized carbons (Fsp3) is 1.00. The zero-order valence-electron chi connectivity index (χ0n) is 9.19. The average Bonchev–Trinajstić information content (AvgIpc) is 2.01. The van der Waals surface area contributed by atoms with E-state index in [9.17, 15) is 4.57 Å². The summed E-state index contributed by atoms with van der Waals surface area (Å²) in [6.45, 7) is 6.50. The molecule has 1 saturated carbocycles. The van der Waals surface area contributed by atoms with Crippen molar-refractivity contribution in [1.29, 1.82) is 0 Å². The van der Waals surface area contributed by atoms with Gasteiger partial charge in [-0.05, 0) is 30.6 Å². The first-order valence-electron chi connectivity index (χ1n) is 5.40. The summed E-state index contributed by atoms with van der Waals surface area (Å²) in [4.78, 5) is 8.81. The van der Waals surface area contributed by atoms with Gasteiger partial charge in [-0.15, -0.1) is 0 Å². The van der Waals surface area contributed by atoms with E-state index in [1.165, 1.54) is 6.42 Å². The molecular formula is C10H21O3P. The lowest BCUT2D eigenvalue weighted by molar-refractivity contribution is 0.0438. The Bertz CT molecular complexity index is 206. The Labute approximate surface area is 86.8 Å². The third-order valence-corrected chi connectivity index (χ3v) is 3.72. The Kier molecular flexibility index (Phi) is 4.62. The summed E-state index contributed by atoms with van der Waals surface area (Å²) in [6.07, 6.45) is 3.27. The van der Waals surface area contributed by atoms with Crippen molar-refractivity contribution < 1.29 is 14.0 Å². The minimum Gasteiger partial charge on any atom is -0.326 e. The van der Waals surface area contributed by atoms with Gasteiger partial charge in [0, 0.05) is 0 Å². The molecule has 0 spiro atoms. The fourth-order valence-electron chi connectivity index (χ4n) is 2.38. The molecule has 1 N–H and O–H groups in total. The maximum Gasteiger partial charge on any atom is 0.316 e. The molecule has 14 heavy (non-hydrogen) atoms. The minimum atomic E-state index is -2.77. The summed E-state index contributed by atoms with van der Waals surface area (Å²) in [5, 5.41) is 0. The lowest BCUT2D eigenvalue weighted by Crippen LogP contribution is -2.32. The van der Waals surface area contributed by atoms with Crippen LogP contribution in [-0.2, 0) is 9.09 Å². The quantitative estimate of drug-likeness (QED) is 0.744. The molecule has 0 radical (unpaired) electrons. The Morgan fingerprint density at radius 2 is 2.07 bits per heavy atom. The van der Waals surface area contributed by atoms with Gasteiger partial charge in [0.25, 0.3) is 0 Å². The van der Waals surface area contributed by atoms with Crippen LogP contribution in [0.25, 0.3) is 0 Å². The molecule has 4 unspecified atom stereocenters. The van der Waals surface area contributed by atoms with Crippen LogP contribution in [0.15, 0.2) is 0 Å². The van der Waals surface area contributed by atoms with Gasteiger partial charge in [-0.2, -0.15) is 0 Å². The van der Waals surface area contributed by atoms with E-state index in [1.807, 2.05) is 0 Å². The molecule has 0 heterocycles. The fourth-order valence-corrected chi connectivity index (χ4v) is 2.91. The molecule has 0 bridgehead atoms. The zero-order chi connectivity index (χ0) is 10.7. The van der Waals surface area contributed by atoms with E-state index in [1.54, 1.807) is 0 Å². The maximum atomic E-state index is 10.7. The smallest absolute Gasteiger partial charge is 0.316 e. The third kappa shape index (κ3) is 3.38. The van der Waals surface area contributed by atoms with E-state index in [2.05, 4.69) is 20.8 Å². The largest absolute Gasteiger partial charge is 0.326 e. The molecule has 0 saturated heterocycles. The summed E-state index contributed by atoms with van der Waals surface area (Å²) in [6, 6.07) is 0. The Morgan fingerprint density at radius 1 is 1.43 bits per heavy atom. The highest BCUT2D eigenvalue weighted by Crippen LogP contribution is 2.38. The van der Waals surface area contributed by atoms with Crippen molar-refractivity contribution in [3.8, 4) is 0 Å². The monoisotopic (exact) mass is 220 g/mol. The molecule has 4 atom stereocenters. The van der Waals surface area contributed by atoms with Crippen LogP contribution in [0.4, 0.5) is 0 Å². The van der Waals surface area contributed by atoms with Gasteiger partial charge < -0.3 is 9.42 Å². The average molecular weight is 220 g/mol. The van der Waals surface area contributed by atoms with E-state index in [-0.39, 0.29) is 6.10 Å². The highest BCUT2D eigenvalue weighted by molar-refractivity contribution is 7.32. The van der Waals surface area contributed by atoms with Crippen LogP contribution in [0, 0.1) is 17.8 Å². The first-order chi connectivity index (χ1) is 6.50. The molecule has 1 aliphatic carbocycles. The first kappa shape index (κ1) is 12.2. The summed E-state index contributed by atoms with van der Waals surface area (Å²) in [5.41, 5.74) is 0. The van der Waals surface area contributed by atoms with Gasteiger partial charge in [-0.3, -0.25) is 4.57 Å². The normalized spacial score (nSPS) is 35.9. The summed E-state index contributed by atoms with van der Waals surface area (Å²) < 4.78 is 15.8. The van der Waals surface area contributed by atoms with Crippen LogP contribution in [0.2, 0.25) is 0 Å². The van der Waals surface area contributed by atoms with Crippen molar-refractivity contribution in [3.05, 3.63) is 0 Å². The van der Waals surface area contributed by atoms with Gasteiger partial charge in [0.2, 0.25) is 0 Å². The minimum absolute atomic E-state index is 0.00450. The van der Waals surface area contributed by atoms with Gasteiger partial charge >= 0.3 is 8.25 Å². The molecule has 0 amide bonds. The van der Waals surface area contributed by atoms with Crippen LogP contribution >= 0.6 is 8.25 Å². The van der Waals surface area contributed by atoms with Crippen molar-refractivity contribution in [2.75, 3.05) is 0 Å². The molecule has 3 nitrogen and oxygen atoms in total. The highest BCUT2D eigenvalue weighted by atomic mass is 31.1. The summed E-state index contributed by atoms with van der Waals surface area (Å²) >= 11 is 0. The molecule has 1 fully saturated rings. The molecule has 0 aliphatic heterocycles. The number of hydrogen-bond donors (Lipinski definition) is 1. The van der Waals surface area contributed by atoms with Gasteiger partial charge in [-0.25, -0.2) is 0 Å². The van der Waals surface area contributed by atoms with E-state index in [0.29, 0.717) is 17.8 Å². The van der Waals surface area contributed by atoms with Crippen molar-refractivity contribution >= 4 is 8.25 Å². The van der Waals surface area contributed by atoms with Crippen molar-refractivity contribution in [2.24, 2.45) is 17.8 Å². The van der Waals surface area contributed by atoms with E-state index in [0.717, 1.165) is 12.8 Å². The second kappa shape index (κ2) is 5.29. The molecule has 1 aliphatic rings. The SMILES string of the molecule is CC1CCC(C(C)C)C(O[PH](=O)O)C1.